The van der Waals surface area contributed by atoms with Crippen LogP contribution in [-0.2, 0) is 9.53 Å². The molecule has 0 aliphatic rings. The molecule has 0 spiro atoms. The molecular weight excluding hydrogens is 252 g/mol. The Morgan fingerprint density at radius 3 is 1.53 bits per heavy atom. The van der Waals surface area contributed by atoms with E-state index in [2.05, 4.69) is 13.8 Å². The number of unbranched alkanes of at least 4 members (excludes halogenated alkanes) is 2. The molecule has 0 aromatic carbocycles. The van der Waals surface area contributed by atoms with Crippen molar-refractivity contribution < 1.29 is 30.0 Å². The van der Waals surface area contributed by atoms with Gasteiger partial charge in [0, 0.05) is 20.1 Å². The maximum Gasteiger partial charge on any atom is 0.300 e. The van der Waals surface area contributed by atoms with Gasteiger partial charge in [-0.15, -0.1) is 0 Å². The molecule has 0 amide bonds. The first kappa shape index (κ1) is 23.4. The van der Waals surface area contributed by atoms with Crippen molar-refractivity contribution in [2.24, 2.45) is 0 Å². The van der Waals surface area contributed by atoms with Crippen LogP contribution < -0.4 is 0 Å². The predicted molar refractivity (Wildman–Crippen MR) is 74.1 cm³/mol. The van der Waals surface area contributed by atoms with E-state index in [0.717, 1.165) is 20.1 Å². The monoisotopic (exact) mass is 282 g/mol. The van der Waals surface area contributed by atoms with Gasteiger partial charge < -0.3 is 25.2 Å². The first-order valence-electron chi connectivity index (χ1n) is 6.63. The molecule has 0 aromatic rings. The van der Waals surface area contributed by atoms with Gasteiger partial charge in [-0.25, -0.2) is 0 Å². The summed E-state index contributed by atoms with van der Waals surface area (Å²) in [7, 11) is 0. The molecule has 0 aromatic heterocycles. The molecule has 0 radical (unpaired) electrons. The topological polar surface area (TPSA) is 107 Å². The van der Waals surface area contributed by atoms with Gasteiger partial charge in [0.25, 0.3) is 5.97 Å². The highest BCUT2D eigenvalue weighted by atomic mass is 16.5. The Labute approximate surface area is 116 Å². The van der Waals surface area contributed by atoms with Crippen LogP contribution in [0.2, 0.25) is 0 Å². The lowest BCUT2D eigenvalue weighted by atomic mass is 10.3. The van der Waals surface area contributed by atoms with Crippen LogP contribution >= 0.6 is 0 Å². The second kappa shape index (κ2) is 22.5. The second-order valence-corrected chi connectivity index (χ2v) is 3.86. The number of ether oxygens (including phenoxy) is 1. The maximum absolute atomic E-state index is 9.00. The summed E-state index contributed by atoms with van der Waals surface area (Å²) in [6.07, 6.45) is 3.95. The van der Waals surface area contributed by atoms with E-state index < -0.39 is 12.1 Å². The standard InChI is InChI=1S/C8H18O.C3H8O3.C2H4O2/c1-3-5-7-9-8-6-4-2;4-1-3(6)2-5;1-2(3)4/h3-8H2,1-2H3;3-6H,1-2H2;1H3,(H,3,4). The summed E-state index contributed by atoms with van der Waals surface area (Å²) in [5.74, 6) is -0.833. The van der Waals surface area contributed by atoms with Crippen LogP contribution in [0.5, 0.6) is 0 Å². The fourth-order valence-corrected chi connectivity index (χ4v) is 0.653. The zero-order chi connectivity index (χ0) is 15.5. The highest BCUT2D eigenvalue weighted by Crippen LogP contribution is 1.91. The van der Waals surface area contributed by atoms with Crippen LogP contribution in [0.15, 0.2) is 0 Å². The van der Waals surface area contributed by atoms with Crippen molar-refractivity contribution in [2.75, 3.05) is 26.4 Å². The molecule has 0 fully saturated rings. The fourth-order valence-electron chi connectivity index (χ4n) is 0.653. The van der Waals surface area contributed by atoms with Crippen LogP contribution in [0, 0.1) is 0 Å². The SMILES string of the molecule is CC(=O)O.CCCCOCCCC.OCC(O)CO. The van der Waals surface area contributed by atoms with Crippen LogP contribution in [0.4, 0.5) is 0 Å². The average Bonchev–Trinajstić information content (AvgIpc) is 2.38. The molecular formula is C13H30O6. The van der Waals surface area contributed by atoms with Gasteiger partial charge in [-0.3, -0.25) is 4.79 Å². The number of carboxylic acid groups (broad SMARTS) is 1. The summed E-state index contributed by atoms with van der Waals surface area (Å²) in [6, 6.07) is 0. The van der Waals surface area contributed by atoms with Crippen molar-refractivity contribution in [2.45, 2.75) is 52.6 Å². The van der Waals surface area contributed by atoms with E-state index in [1.165, 1.54) is 25.7 Å². The van der Waals surface area contributed by atoms with E-state index in [1.54, 1.807) is 0 Å². The summed E-state index contributed by atoms with van der Waals surface area (Å²) < 4.78 is 5.31. The lowest BCUT2D eigenvalue weighted by Crippen LogP contribution is -2.15. The number of carboxylic acids is 1. The van der Waals surface area contributed by atoms with Crippen molar-refractivity contribution in [3.05, 3.63) is 0 Å². The minimum atomic E-state index is -0.954. The molecule has 118 valence electrons. The molecule has 0 rings (SSSR count). The summed E-state index contributed by atoms with van der Waals surface area (Å²) in [5.41, 5.74) is 0. The second-order valence-electron chi connectivity index (χ2n) is 3.86. The number of aliphatic hydroxyl groups is 3. The summed E-state index contributed by atoms with van der Waals surface area (Å²) in [6.45, 7) is 6.63. The Bertz CT molecular complexity index is 149. The van der Waals surface area contributed by atoms with Crippen molar-refractivity contribution in [3.63, 3.8) is 0 Å². The molecule has 0 unspecified atom stereocenters. The smallest absolute Gasteiger partial charge is 0.300 e. The number of aliphatic hydroxyl groups excluding tert-OH is 3. The average molecular weight is 282 g/mol. The first-order chi connectivity index (χ1) is 8.95. The van der Waals surface area contributed by atoms with Crippen molar-refractivity contribution in [3.8, 4) is 0 Å². The third kappa shape index (κ3) is 46.8. The van der Waals surface area contributed by atoms with Crippen LogP contribution in [0.1, 0.15) is 46.5 Å². The molecule has 0 aliphatic carbocycles. The Hall–Kier alpha value is -0.690. The van der Waals surface area contributed by atoms with E-state index in [-0.39, 0.29) is 13.2 Å². The normalized spacial score (nSPS) is 9.21. The predicted octanol–water partition coefficient (Wildman–Crippen LogP) is 1.03. The third-order valence-corrected chi connectivity index (χ3v) is 1.71. The van der Waals surface area contributed by atoms with Gasteiger partial charge in [-0.05, 0) is 12.8 Å². The zero-order valence-electron chi connectivity index (χ0n) is 12.3. The summed E-state index contributed by atoms with van der Waals surface area (Å²) in [4.78, 5) is 9.00. The van der Waals surface area contributed by atoms with Crippen LogP contribution in [0.25, 0.3) is 0 Å². The van der Waals surface area contributed by atoms with Gasteiger partial charge in [0.15, 0.2) is 0 Å². The van der Waals surface area contributed by atoms with Gasteiger partial charge in [0.05, 0.1) is 13.2 Å². The van der Waals surface area contributed by atoms with Crippen LogP contribution in [0.3, 0.4) is 0 Å². The van der Waals surface area contributed by atoms with Gasteiger partial charge in [-0.2, -0.15) is 0 Å². The molecule has 6 heteroatoms. The third-order valence-electron chi connectivity index (χ3n) is 1.71. The van der Waals surface area contributed by atoms with Crippen molar-refractivity contribution in [1.82, 2.24) is 0 Å². The van der Waals surface area contributed by atoms with Crippen molar-refractivity contribution >= 4 is 5.97 Å². The molecule has 0 saturated carbocycles. The lowest BCUT2D eigenvalue weighted by molar-refractivity contribution is -0.134. The Kier molecular flexibility index (Phi) is 27.7. The number of hydrogen-bond acceptors (Lipinski definition) is 5. The quantitative estimate of drug-likeness (QED) is 0.495. The number of carbonyl (C=O) groups is 1. The molecule has 0 bridgehead atoms. The van der Waals surface area contributed by atoms with Crippen LogP contribution in [-0.4, -0.2) is 58.9 Å². The maximum atomic E-state index is 9.00. The Morgan fingerprint density at radius 1 is 1.05 bits per heavy atom. The van der Waals surface area contributed by atoms with E-state index >= 15 is 0 Å². The Balaban J connectivity index is -0.000000222. The highest BCUT2D eigenvalue weighted by molar-refractivity contribution is 5.62. The molecule has 4 N–H and O–H groups in total. The minimum absolute atomic E-state index is 0.365. The lowest BCUT2D eigenvalue weighted by Gasteiger charge is -1.99. The number of hydrogen-bond donors (Lipinski definition) is 4. The molecule has 0 saturated heterocycles. The number of aliphatic carboxylic acids is 1. The Morgan fingerprint density at radius 2 is 1.37 bits per heavy atom. The molecule has 19 heavy (non-hydrogen) atoms. The van der Waals surface area contributed by atoms with Crippen molar-refractivity contribution in [1.29, 1.82) is 0 Å². The highest BCUT2D eigenvalue weighted by Gasteiger charge is 1.93. The van der Waals surface area contributed by atoms with E-state index in [1.807, 2.05) is 0 Å². The van der Waals surface area contributed by atoms with Gasteiger partial charge >= 0.3 is 0 Å². The molecule has 0 aliphatic heterocycles. The molecule has 6 nitrogen and oxygen atoms in total. The number of rotatable bonds is 8. The van der Waals surface area contributed by atoms with Gasteiger partial charge in [0.2, 0.25) is 0 Å². The van der Waals surface area contributed by atoms with E-state index in [0.29, 0.717) is 0 Å². The van der Waals surface area contributed by atoms with E-state index in [4.69, 9.17) is 30.0 Å². The summed E-state index contributed by atoms with van der Waals surface area (Å²) >= 11 is 0. The zero-order valence-corrected chi connectivity index (χ0v) is 12.3. The minimum Gasteiger partial charge on any atom is -0.481 e. The largest absolute Gasteiger partial charge is 0.481 e. The fraction of sp³-hybridized carbons (Fsp3) is 0.923. The molecule has 0 atom stereocenters. The molecule has 0 heterocycles. The first-order valence-corrected chi connectivity index (χ1v) is 6.63. The van der Waals surface area contributed by atoms with Gasteiger partial charge in [-0.1, -0.05) is 26.7 Å². The van der Waals surface area contributed by atoms with Gasteiger partial charge in [0.1, 0.15) is 6.10 Å². The van der Waals surface area contributed by atoms with E-state index in [9.17, 15) is 0 Å². The summed E-state index contributed by atoms with van der Waals surface area (Å²) in [5, 5.41) is 31.4.